The standard InChI is InChI=1S/C29H35NO2/c1-19-7-6-10-26(29(30)32)17-24-13-12-22(20(2)15-27(19)24)18-28(31)25-14-11-21-8-4-3-5-9-23(21)16-25/h4,6,8,10-11,14,16-17,19-20,22H,3,5,7,9,12-13,15,18H2,1-2H3,(H2,30,32). The summed E-state index contributed by atoms with van der Waals surface area (Å²) in [5.74, 6) is 1.12. The van der Waals surface area contributed by atoms with Gasteiger partial charge in [0.2, 0.25) is 5.91 Å². The topological polar surface area (TPSA) is 60.2 Å². The maximum atomic E-state index is 13.3. The summed E-state index contributed by atoms with van der Waals surface area (Å²) >= 11 is 0. The van der Waals surface area contributed by atoms with Gasteiger partial charge in [0, 0.05) is 17.6 Å². The monoisotopic (exact) mass is 429 g/mol. The number of nitrogens with two attached hydrogens (primary N) is 1. The van der Waals surface area contributed by atoms with Crippen LogP contribution >= 0.6 is 0 Å². The average molecular weight is 430 g/mol. The number of hydrogen-bond acceptors (Lipinski definition) is 2. The Hall–Kier alpha value is -2.68. The minimum Gasteiger partial charge on any atom is -0.366 e. The fourth-order valence-corrected chi connectivity index (χ4v) is 5.48. The van der Waals surface area contributed by atoms with Crippen LogP contribution in [0.1, 0.15) is 80.3 Å². The van der Waals surface area contributed by atoms with Crippen LogP contribution in [-0.2, 0) is 11.2 Å². The van der Waals surface area contributed by atoms with Gasteiger partial charge in [-0.2, -0.15) is 0 Å². The Bertz CT molecular complexity index is 1020. The number of ketones is 1. The van der Waals surface area contributed by atoms with Crippen molar-refractivity contribution in [1.29, 1.82) is 0 Å². The molecule has 3 unspecified atom stereocenters. The van der Waals surface area contributed by atoms with E-state index in [1.165, 1.54) is 22.3 Å². The van der Waals surface area contributed by atoms with Gasteiger partial charge >= 0.3 is 0 Å². The second-order valence-corrected chi connectivity index (χ2v) is 9.87. The summed E-state index contributed by atoms with van der Waals surface area (Å²) in [7, 11) is 0. The van der Waals surface area contributed by atoms with Gasteiger partial charge in [-0.15, -0.1) is 0 Å². The number of amides is 1. The zero-order chi connectivity index (χ0) is 22.7. The van der Waals surface area contributed by atoms with E-state index in [1.54, 1.807) is 0 Å². The Morgan fingerprint density at radius 3 is 2.75 bits per heavy atom. The maximum Gasteiger partial charge on any atom is 0.248 e. The molecule has 0 spiro atoms. The van der Waals surface area contributed by atoms with Gasteiger partial charge in [-0.1, -0.05) is 55.9 Å². The molecule has 0 heterocycles. The minimum absolute atomic E-state index is 0.260. The third kappa shape index (κ3) is 5.03. The van der Waals surface area contributed by atoms with Crippen LogP contribution in [-0.4, -0.2) is 11.7 Å². The third-order valence-corrected chi connectivity index (χ3v) is 7.57. The Balaban J connectivity index is 1.51. The molecule has 0 saturated carbocycles. The van der Waals surface area contributed by atoms with Gasteiger partial charge in [-0.25, -0.2) is 0 Å². The van der Waals surface area contributed by atoms with E-state index >= 15 is 0 Å². The maximum absolute atomic E-state index is 13.3. The van der Waals surface area contributed by atoms with Crippen molar-refractivity contribution in [3.63, 3.8) is 0 Å². The van der Waals surface area contributed by atoms with Crippen LogP contribution in [0.15, 0.2) is 59.2 Å². The molecule has 1 aromatic rings. The summed E-state index contributed by atoms with van der Waals surface area (Å²) in [5.41, 5.74) is 12.3. The summed E-state index contributed by atoms with van der Waals surface area (Å²) in [5, 5.41) is 0. The van der Waals surface area contributed by atoms with Gasteiger partial charge in [-0.05, 0) is 91.5 Å². The number of carbonyl (C=O) groups is 2. The van der Waals surface area contributed by atoms with Crippen molar-refractivity contribution in [3.05, 3.63) is 75.9 Å². The second kappa shape index (κ2) is 9.85. The van der Waals surface area contributed by atoms with E-state index in [0.29, 0.717) is 29.7 Å². The first-order valence-corrected chi connectivity index (χ1v) is 12.1. The van der Waals surface area contributed by atoms with E-state index < -0.39 is 0 Å². The SMILES string of the molecule is CC1CC=CC(C(N)=O)=CC2=C1CC(C)C(CC(=O)c1ccc3c(c1)CCCC=C3)CC2. The van der Waals surface area contributed by atoms with Gasteiger partial charge in [0.1, 0.15) is 0 Å². The molecular weight excluding hydrogens is 394 g/mol. The molecule has 2 N–H and O–H groups in total. The molecule has 0 saturated heterocycles. The minimum atomic E-state index is -0.371. The molecule has 0 bridgehead atoms. The van der Waals surface area contributed by atoms with Crippen LogP contribution in [0, 0.1) is 17.8 Å². The van der Waals surface area contributed by atoms with E-state index in [2.05, 4.69) is 44.2 Å². The molecule has 3 atom stereocenters. The summed E-state index contributed by atoms with van der Waals surface area (Å²) in [6.07, 6.45) is 18.0. The first kappa shape index (κ1) is 22.5. The summed E-state index contributed by atoms with van der Waals surface area (Å²) in [6.45, 7) is 4.56. The smallest absolute Gasteiger partial charge is 0.248 e. The van der Waals surface area contributed by atoms with Gasteiger partial charge in [0.15, 0.2) is 5.78 Å². The lowest BCUT2D eigenvalue weighted by Crippen LogP contribution is -2.17. The Morgan fingerprint density at radius 1 is 1.09 bits per heavy atom. The second-order valence-electron chi connectivity index (χ2n) is 9.87. The molecule has 32 heavy (non-hydrogen) atoms. The van der Waals surface area contributed by atoms with Crippen molar-refractivity contribution in [3.8, 4) is 0 Å². The van der Waals surface area contributed by atoms with Crippen molar-refractivity contribution in [1.82, 2.24) is 0 Å². The van der Waals surface area contributed by atoms with Crippen LogP contribution in [0.4, 0.5) is 0 Å². The molecule has 4 rings (SSSR count). The molecule has 168 valence electrons. The van der Waals surface area contributed by atoms with Gasteiger partial charge < -0.3 is 5.73 Å². The predicted octanol–water partition coefficient (Wildman–Crippen LogP) is 6.35. The predicted molar refractivity (Wildman–Crippen MR) is 131 cm³/mol. The number of allylic oxidation sites excluding steroid dienone is 5. The highest BCUT2D eigenvalue weighted by atomic mass is 16.1. The van der Waals surface area contributed by atoms with Crippen molar-refractivity contribution >= 4 is 17.8 Å². The van der Waals surface area contributed by atoms with Crippen molar-refractivity contribution < 1.29 is 9.59 Å². The molecular formula is C29H35NO2. The zero-order valence-electron chi connectivity index (χ0n) is 19.4. The lowest BCUT2D eigenvalue weighted by Gasteiger charge is -2.24. The number of Topliss-reactive ketones (excluding diaryl/α,β-unsaturated/α-hetero) is 1. The molecule has 1 aromatic carbocycles. The van der Waals surface area contributed by atoms with Crippen LogP contribution < -0.4 is 5.73 Å². The van der Waals surface area contributed by atoms with Crippen LogP contribution in [0.25, 0.3) is 6.08 Å². The number of hydrogen-bond donors (Lipinski definition) is 1. The average Bonchev–Trinajstić information content (AvgIpc) is 3.08. The fraction of sp³-hybridized carbons (Fsp3) is 0.448. The molecule has 3 aliphatic carbocycles. The van der Waals surface area contributed by atoms with E-state index in [4.69, 9.17) is 5.73 Å². The largest absolute Gasteiger partial charge is 0.366 e. The molecule has 0 fully saturated rings. The van der Waals surface area contributed by atoms with Gasteiger partial charge in [0.05, 0.1) is 0 Å². The lowest BCUT2D eigenvalue weighted by atomic mass is 9.81. The van der Waals surface area contributed by atoms with E-state index in [0.717, 1.165) is 50.5 Å². The first-order chi connectivity index (χ1) is 15.4. The lowest BCUT2D eigenvalue weighted by molar-refractivity contribution is -0.114. The number of rotatable bonds is 4. The molecule has 0 aromatic heterocycles. The quantitative estimate of drug-likeness (QED) is 0.567. The highest BCUT2D eigenvalue weighted by Crippen LogP contribution is 2.40. The summed E-state index contributed by atoms with van der Waals surface area (Å²) < 4.78 is 0. The normalized spacial score (nSPS) is 25.6. The number of fused-ring (bicyclic) bond motifs is 1. The molecule has 3 aliphatic rings. The van der Waals surface area contributed by atoms with Gasteiger partial charge in [0.25, 0.3) is 0 Å². The van der Waals surface area contributed by atoms with E-state index in [9.17, 15) is 9.59 Å². The van der Waals surface area contributed by atoms with Crippen molar-refractivity contribution in [2.75, 3.05) is 0 Å². The van der Waals surface area contributed by atoms with E-state index in [-0.39, 0.29) is 11.7 Å². The number of primary amides is 1. The third-order valence-electron chi connectivity index (χ3n) is 7.57. The molecule has 3 heteroatoms. The van der Waals surface area contributed by atoms with Crippen molar-refractivity contribution in [2.45, 2.75) is 65.2 Å². The Morgan fingerprint density at radius 2 is 1.94 bits per heavy atom. The van der Waals surface area contributed by atoms with Crippen LogP contribution in [0.3, 0.4) is 0 Å². The highest BCUT2D eigenvalue weighted by Gasteiger charge is 2.28. The van der Waals surface area contributed by atoms with Gasteiger partial charge in [-0.3, -0.25) is 9.59 Å². The number of benzene rings is 1. The molecule has 1 amide bonds. The van der Waals surface area contributed by atoms with Crippen LogP contribution in [0.2, 0.25) is 0 Å². The van der Waals surface area contributed by atoms with Crippen LogP contribution in [0.5, 0.6) is 0 Å². The summed E-state index contributed by atoms with van der Waals surface area (Å²) in [6, 6.07) is 6.24. The number of carbonyl (C=O) groups excluding carboxylic acids is 2. The Kier molecular flexibility index (Phi) is 6.93. The first-order valence-electron chi connectivity index (χ1n) is 12.1. The Labute approximate surface area is 192 Å². The molecule has 0 radical (unpaired) electrons. The zero-order valence-corrected chi connectivity index (χ0v) is 19.4. The summed E-state index contributed by atoms with van der Waals surface area (Å²) in [4.78, 5) is 25.1. The highest BCUT2D eigenvalue weighted by molar-refractivity contribution is 5.97. The van der Waals surface area contributed by atoms with Crippen molar-refractivity contribution in [2.24, 2.45) is 23.5 Å². The number of aryl methyl sites for hydroxylation is 1. The fourth-order valence-electron chi connectivity index (χ4n) is 5.48. The molecule has 0 aliphatic heterocycles. The molecule has 3 nitrogen and oxygen atoms in total. The van der Waals surface area contributed by atoms with E-state index in [1.807, 2.05) is 18.2 Å².